The minimum absolute atomic E-state index is 0.756. The molecule has 25 heavy (non-hydrogen) atoms. The third kappa shape index (κ3) is 5.21. The highest BCUT2D eigenvalue weighted by Crippen LogP contribution is 2.21. The second-order valence-corrected chi connectivity index (χ2v) is 6.94. The van der Waals surface area contributed by atoms with Crippen LogP contribution in [0, 0.1) is 0 Å². The Kier molecular flexibility index (Phi) is 6.71. The number of nitrogens with zero attached hydrogens (tertiary/aromatic N) is 2. The van der Waals surface area contributed by atoms with Crippen LogP contribution in [0.3, 0.4) is 0 Å². The second kappa shape index (κ2) is 9.44. The van der Waals surface area contributed by atoms with Gasteiger partial charge in [0.1, 0.15) is 0 Å². The Morgan fingerprint density at radius 1 is 1.16 bits per heavy atom. The van der Waals surface area contributed by atoms with Crippen molar-refractivity contribution in [1.29, 1.82) is 0 Å². The summed E-state index contributed by atoms with van der Waals surface area (Å²) < 4.78 is 5.47. The van der Waals surface area contributed by atoms with Crippen molar-refractivity contribution in [2.45, 2.75) is 13.0 Å². The first-order chi connectivity index (χ1) is 12.4. The third-order valence-corrected chi connectivity index (χ3v) is 5.19. The van der Waals surface area contributed by atoms with Crippen molar-refractivity contribution in [3.8, 4) is 0 Å². The van der Waals surface area contributed by atoms with Crippen LogP contribution in [0.5, 0.6) is 0 Å². The summed E-state index contributed by atoms with van der Waals surface area (Å²) in [7, 11) is 1.81. The number of para-hydroxylation sites is 1. The molecule has 1 aliphatic heterocycles. The number of nitrogens with one attached hydrogen (secondary N) is 2. The molecule has 134 valence electrons. The van der Waals surface area contributed by atoms with Gasteiger partial charge in [0.25, 0.3) is 0 Å². The van der Waals surface area contributed by atoms with Crippen LogP contribution in [0.25, 0.3) is 0 Å². The normalized spacial score (nSPS) is 15.2. The average molecular weight is 359 g/mol. The maximum atomic E-state index is 5.47. The van der Waals surface area contributed by atoms with Crippen molar-refractivity contribution >= 4 is 23.0 Å². The van der Waals surface area contributed by atoms with Gasteiger partial charge in [0, 0.05) is 43.8 Å². The summed E-state index contributed by atoms with van der Waals surface area (Å²) in [5, 5.41) is 8.93. The van der Waals surface area contributed by atoms with E-state index in [4.69, 9.17) is 4.74 Å². The molecule has 0 spiro atoms. The highest BCUT2D eigenvalue weighted by molar-refractivity contribution is 7.09. The summed E-state index contributed by atoms with van der Waals surface area (Å²) in [6, 6.07) is 12.8. The van der Waals surface area contributed by atoms with Crippen molar-refractivity contribution in [2.24, 2.45) is 4.99 Å². The first kappa shape index (κ1) is 17.8. The van der Waals surface area contributed by atoms with Gasteiger partial charge in [-0.05, 0) is 29.5 Å². The fourth-order valence-electron chi connectivity index (χ4n) is 2.93. The van der Waals surface area contributed by atoms with Crippen molar-refractivity contribution in [3.05, 3.63) is 52.2 Å². The predicted molar refractivity (Wildman–Crippen MR) is 106 cm³/mol. The molecule has 2 aromatic rings. The number of hydrogen-bond acceptors (Lipinski definition) is 4. The van der Waals surface area contributed by atoms with E-state index >= 15 is 0 Å². The second-order valence-electron chi connectivity index (χ2n) is 5.91. The Hall–Kier alpha value is -2.05. The van der Waals surface area contributed by atoms with Crippen LogP contribution < -0.4 is 15.5 Å². The van der Waals surface area contributed by atoms with Crippen LogP contribution in [-0.2, 0) is 17.7 Å². The molecule has 0 radical (unpaired) electrons. The van der Waals surface area contributed by atoms with Gasteiger partial charge < -0.3 is 20.3 Å². The summed E-state index contributed by atoms with van der Waals surface area (Å²) in [5.41, 5.74) is 2.57. The molecule has 0 atom stereocenters. The Morgan fingerprint density at radius 3 is 2.76 bits per heavy atom. The lowest BCUT2D eigenvalue weighted by Gasteiger charge is -2.30. The number of ether oxygens (including phenoxy) is 1. The quantitative estimate of drug-likeness (QED) is 0.615. The fraction of sp³-hybridized carbons (Fsp3) is 0.421. The summed E-state index contributed by atoms with van der Waals surface area (Å²) in [4.78, 5) is 8.11. The molecule has 2 heterocycles. The number of hydrogen-bond donors (Lipinski definition) is 2. The molecule has 0 amide bonds. The predicted octanol–water partition coefficient (Wildman–Crippen LogP) is 2.49. The molecule has 1 aliphatic rings. The molecule has 1 saturated heterocycles. The van der Waals surface area contributed by atoms with Crippen LogP contribution in [0.2, 0.25) is 0 Å². The highest BCUT2D eigenvalue weighted by Gasteiger charge is 2.14. The molecule has 5 nitrogen and oxygen atoms in total. The van der Waals surface area contributed by atoms with E-state index in [1.807, 2.05) is 7.05 Å². The zero-order chi connectivity index (χ0) is 17.3. The maximum Gasteiger partial charge on any atom is 0.191 e. The topological polar surface area (TPSA) is 48.9 Å². The maximum absolute atomic E-state index is 5.47. The number of anilines is 1. The Balaban J connectivity index is 1.52. The molecule has 6 heteroatoms. The summed E-state index contributed by atoms with van der Waals surface area (Å²) in [6.07, 6.45) is 1.02. The van der Waals surface area contributed by atoms with E-state index in [-0.39, 0.29) is 0 Å². The molecular formula is C19H26N4OS. The van der Waals surface area contributed by atoms with Crippen LogP contribution in [0.1, 0.15) is 10.4 Å². The monoisotopic (exact) mass is 358 g/mol. The third-order valence-electron chi connectivity index (χ3n) is 4.26. The van der Waals surface area contributed by atoms with Crippen molar-refractivity contribution in [1.82, 2.24) is 10.6 Å². The largest absolute Gasteiger partial charge is 0.378 e. The van der Waals surface area contributed by atoms with Gasteiger partial charge >= 0.3 is 0 Å². The lowest BCUT2D eigenvalue weighted by atomic mass is 10.1. The van der Waals surface area contributed by atoms with E-state index in [1.54, 1.807) is 11.3 Å². The number of thiophene rings is 1. The van der Waals surface area contributed by atoms with E-state index in [9.17, 15) is 0 Å². The summed E-state index contributed by atoms with van der Waals surface area (Å²) in [6.45, 7) is 5.13. The molecule has 0 saturated carbocycles. The lowest BCUT2D eigenvalue weighted by Crippen LogP contribution is -2.39. The molecule has 2 N–H and O–H groups in total. The van der Waals surface area contributed by atoms with Crippen LogP contribution in [-0.4, -0.2) is 45.9 Å². The number of morpholine rings is 1. The van der Waals surface area contributed by atoms with Gasteiger partial charge in [-0.15, -0.1) is 11.3 Å². The minimum Gasteiger partial charge on any atom is -0.378 e. The summed E-state index contributed by atoms with van der Waals surface area (Å²) in [5.74, 6) is 0.841. The van der Waals surface area contributed by atoms with Crippen LogP contribution in [0.15, 0.2) is 46.8 Å². The van der Waals surface area contributed by atoms with Crippen LogP contribution >= 0.6 is 11.3 Å². The van der Waals surface area contributed by atoms with E-state index in [0.29, 0.717) is 0 Å². The van der Waals surface area contributed by atoms with Gasteiger partial charge in [-0.25, -0.2) is 0 Å². The van der Waals surface area contributed by atoms with Crippen molar-refractivity contribution < 1.29 is 4.74 Å². The molecular weight excluding hydrogens is 332 g/mol. The van der Waals surface area contributed by atoms with Gasteiger partial charge in [0.05, 0.1) is 13.2 Å². The number of guanidine groups is 1. The van der Waals surface area contributed by atoms with Gasteiger partial charge in [-0.2, -0.15) is 0 Å². The Bertz CT molecular complexity index is 666. The minimum atomic E-state index is 0.756. The average Bonchev–Trinajstić information content (AvgIpc) is 3.19. The molecule has 3 rings (SSSR count). The van der Waals surface area contributed by atoms with E-state index in [0.717, 1.165) is 51.8 Å². The van der Waals surface area contributed by atoms with Gasteiger partial charge in [0.2, 0.25) is 0 Å². The number of aliphatic imine (C=N–C) groups is 1. The van der Waals surface area contributed by atoms with Gasteiger partial charge in [0.15, 0.2) is 5.96 Å². The number of rotatable bonds is 6. The SMILES string of the molecule is CN=C(NCCc1cccs1)NCc1ccccc1N1CCOCC1. The zero-order valence-corrected chi connectivity index (χ0v) is 15.5. The highest BCUT2D eigenvalue weighted by atomic mass is 32.1. The molecule has 1 aromatic carbocycles. The lowest BCUT2D eigenvalue weighted by molar-refractivity contribution is 0.122. The zero-order valence-electron chi connectivity index (χ0n) is 14.7. The first-order valence-electron chi connectivity index (χ1n) is 8.74. The van der Waals surface area contributed by atoms with E-state index in [2.05, 4.69) is 62.3 Å². The molecule has 0 aliphatic carbocycles. The van der Waals surface area contributed by atoms with Crippen molar-refractivity contribution in [3.63, 3.8) is 0 Å². The molecule has 0 unspecified atom stereocenters. The number of benzene rings is 1. The summed E-state index contributed by atoms with van der Waals surface area (Å²) >= 11 is 1.79. The molecule has 1 fully saturated rings. The van der Waals surface area contributed by atoms with E-state index in [1.165, 1.54) is 16.1 Å². The smallest absolute Gasteiger partial charge is 0.191 e. The molecule has 0 bridgehead atoms. The first-order valence-corrected chi connectivity index (χ1v) is 9.62. The molecule has 1 aromatic heterocycles. The van der Waals surface area contributed by atoms with Gasteiger partial charge in [-0.1, -0.05) is 24.3 Å². The van der Waals surface area contributed by atoms with Crippen molar-refractivity contribution in [2.75, 3.05) is 44.8 Å². The Morgan fingerprint density at radius 2 is 2.00 bits per heavy atom. The van der Waals surface area contributed by atoms with E-state index < -0.39 is 0 Å². The van der Waals surface area contributed by atoms with Crippen LogP contribution in [0.4, 0.5) is 5.69 Å². The fourth-order valence-corrected chi connectivity index (χ4v) is 3.64. The standard InChI is InChI=1S/C19H26N4OS/c1-20-19(21-9-8-17-6-4-14-25-17)22-15-16-5-2-3-7-18(16)23-10-12-24-13-11-23/h2-7,14H,8-13,15H2,1H3,(H2,20,21,22). The van der Waals surface area contributed by atoms with Gasteiger partial charge in [-0.3, -0.25) is 4.99 Å². The Labute approximate surface area is 153 Å².